The van der Waals surface area contributed by atoms with E-state index in [9.17, 15) is 9.59 Å². The van der Waals surface area contributed by atoms with Crippen LogP contribution in [0.25, 0.3) is 0 Å². The smallest absolute Gasteiger partial charge is 0.254 e. The largest absolute Gasteiger partial charge is 0.362 e. The van der Waals surface area contributed by atoms with Crippen molar-refractivity contribution in [1.29, 1.82) is 0 Å². The first kappa shape index (κ1) is 16.0. The molecule has 2 amide bonds. The Morgan fingerprint density at radius 2 is 2.19 bits per heavy atom. The monoisotopic (exact) mass is 310 g/mol. The third-order valence-corrected chi connectivity index (χ3v) is 4.94. The lowest BCUT2D eigenvalue weighted by molar-refractivity contribution is -0.153. The summed E-state index contributed by atoms with van der Waals surface area (Å²) in [6.45, 7) is 7.10. The van der Waals surface area contributed by atoms with Crippen LogP contribution in [0, 0.1) is 0 Å². The van der Waals surface area contributed by atoms with E-state index in [2.05, 4.69) is 19.2 Å². The van der Waals surface area contributed by atoms with E-state index in [1.807, 2.05) is 11.4 Å². The Kier molecular flexibility index (Phi) is 4.68. The minimum Gasteiger partial charge on any atom is -0.362 e. The van der Waals surface area contributed by atoms with E-state index in [0.29, 0.717) is 24.6 Å². The van der Waals surface area contributed by atoms with Crippen molar-refractivity contribution in [3.63, 3.8) is 0 Å². The molecule has 1 aromatic rings. The first-order valence-corrected chi connectivity index (χ1v) is 7.99. The number of amides is 2. The molecule has 0 saturated carbocycles. The Bertz CT molecular complexity index is 541. The zero-order chi connectivity index (χ0) is 15.6. The quantitative estimate of drug-likeness (QED) is 0.927. The van der Waals surface area contributed by atoms with E-state index in [1.54, 1.807) is 30.2 Å². The molecule has 1 fully saturated rings. The molecule has 0 unspecified atom stereocenters. The van der Waals surface area contributed by atoms with E-state index < -0.39 is 5.60 Å². The maximum atomic E-state index is 12.6. The number of thiophene rings is 1. The Morgan fingerprint density at radius 3 is 2.76 bits per heavy atom. The Labute approximate surface area is 129 Å². The number of nitrogens with one attached hydrogen (secondary N) is 1. The van der Waals surface area contributed by atoms with E-state index in [0.717, 1.165) is 0 Å². The number of carbonyl (C=O) groups is 2. The van der Waals surface area contributed by atoms with Gasteiger partial charge in [-0.05, 0) is 18.9 Å². The predicted octanol–water partition coefficient (Wildman–Crippen LogP) is 1.85. The zero-order valence-electron chi connectivity index (χ0n) is 12.9. The molecule has 0 bridgehead atoms. The molecule has 1 aliphatic heterocycles. The average molecular weight is 310 g/mol. The number of ether oxygens (including phenoxy) is 1. The molecule has 0 radical (unpaired) electrons. The van der Waals surface area contributed by atoms with Gasteiger partial charge in [-0.15, -0.1) is 11.3 Å². The minimum atomic E-state index is -0.973. The van der Waals surface area contributed by atoms with Crippen molar-refractivity contribution in [3.8, 4) is 0 Å². The highest BCUT2D eigenvalue weighted by Gasteiger charge is 2.40. The number of likely N-dealkylation sites (N-methyl/N-ethyl adjacent to an activating group) is 1. The van der Waals surface area contributed by atoms with Gasteiger partial charge >= 0.3 is 0 Å². The van der Waals surface area contributed by atoms with Crippen molar-refractivity contribution in [3.05, 3.63) is 21.9 Å². The summed E-state index contributed by atoms with van der Waals surface area (Å²) in [4.78, 5) is 27.4. The van der Waals surface area contributed by atoms with Gasteiger partial charge in [0.2, 0.25) is 0 Å². The second kappa shape index (κ2) is 6.15. The van der Waals surface area contributed by atoms with Gasteiger partial charge in [0, 0.05) is 23.8 Å². The van der Waals surface area contributed by atoms with Crippen LogP contribution in [0.2, 0.25) is 0 Å². The van der Waals surface area contributed by atoms with Crippen LogP contribution in [0.15, 0.2) is 11.4 Å². The van der Waals surface area contributed by atoms with Crippen molar-refractivity contribution in [1.82, 2.24) is 10.2 Å². The van der Waals surface area contributed by atoms with Crippen molar-refractivity contribution >= 4 is 23.2 Å². The van der Waals surface area contributed by atoms with Crippen molar-refractivity contribution in [2.75, 3.05) is 26.7 Å². The number of carbonyl (C=O) groups excluding carboxylic acids is 2. The highest BCUT2D eigenvalue weighted by Crippen LogP contribution is 2.25. The first-order chi connectivity index (χ1) is 9.87. The summed E-state index contributed by atoms with van der Waals surface area (Å²) < 4.78 is 5.57. The van der Waals surface area contributed by atoms with Crippen LogP contribution >= 0.6 is 11.3 Å². The second-order valence-electron chi connectivity index (χ2n) is 5.78. The van der Waals surface area contributed by atoms with Gasteiger partial charge < -0.3 is 15.0 Å². The number of hydrogen-bond donors (Lipinski definition) is 1. The summed E-state index contributed by atoms with van der Waals surface area (Å²) in [6.07, 6.45) is 0. The van der Waals surface area contributed by atoms with Crippen molar-refractivity contribution in [2.24, 2.45) is 0 Å². The fourth-order valence-corrected chi connectivity index (χ4v) is 3.29. The normalized spacial score (nSPS) is 22.4. The van der Waals surface area contributed by atoms with Gasteiger partial charge in [0.1, 0.15) is 0 Å². The van der Waals surface area contributed by atoms with Crippen LogP contribution in [-0.4, -0.2) is 49.1 Å². The summed E-state index contributed by atoms with van der Waals surface area (Å²) >= 11 is 1.60. The molecule has 116 valence electrons. The molecule has 2 rings (SSSR count). The van der Waals surface area contributed by atoms with Gasteiger partial charge in [-0.3, -0.25) is 9.59 Å². The van der Waals surface area contributed by atoms with Crippen molar-refractivity contribution < 1.29 is 14.3 Å². The standard InChI is InChI=1S/C15H22N2O3S/c1-10(2)12-7-11(8-21-12)13(18)17-5-6-20-15(3,9-17)14(19)16-4/h7-8,10H,5-6,9H2,1-4H3,(H,16,19)/t15-/m0/s1. The van der Waals surface area contributed by atoms with Crippen LogP contribution < -0.4 is 5.32 Å². The molecular formula is C15H22N2O3S. The summed E-state index contributed by atoms with van der Waals surface area (Å²) in [5.41, 5.74) is -0.274. The second-order valence-corrected chi connectivity index (χ2v) is 6.72. The number of hydrogen-bond acceptors (Lipinski definition) is 4. The molecule has 6 heteroatoms. The highest BCUT2D eigenvalue weighted by atomic mass is 32.1. The third kappa shape index (κ3) is 3.27. The lowest BCUT2D eigenvalue weighted by Crippen LogP contribution is -2.58. The maximum Gasteiger partial charge on any atom is 0.254 e. The molecule has 0 aromatic carbocycles. The SMILES string of the molecule is CNC(=O)[C@]1(C)CN(C(=O)c2csc(C(C)C)c2)CCO1. The summed E-state index contributed by atoms with van der Waals surface area (Å²) in [6, 6.07) is 1.95. The molecule has 0 aliphatic carbocycles. The number of nitrogens with zero attached hydrogens (tertiary/aromatic N) is 1. The molecule has 5 nitrogen and oxygen atoms in total. The predicted molar refractivity (Wildman–Crippen MR) is 82.7 cm³/mol. The third-order valence-electron chi connectivity index (χ3n) is 3.70. The molecule has 1 aromatic heterocycles. The zero-order valence-corrected chi connectivity index (χ0v) is 13.8. The molecular weight excluding hydrogens is 288 g/mol. The van der Waals surface area contributed by atoms with Gasteiger partial charge in [-0.25, -0.2) is 0 Å². The fraction of sp³-hybridized carbons (Fsp3) is 0.600. The number of morpholine rings is 1. The fourth-order valence-electron chi connectivity index (χ4n) is 2.40. The van der Waals surface area contributed by atoms with Crippen LogP contribution in [0.3, 0.4) is 0 Å². The molecule has 0 spiro atoms. The van der Waals surface area contributed by atoms with E-state index in [1.165, 1.54) is 4.88 Å². The highest BCUT2D eigenvalue weighted by molar-refractivity contribution is 7.10. The lowest BCUT2D eigenvalue weighted by Gasteiger charge is -2.38. The average Bonchev–Trinajstić information content (AvgIpc) is 2.95. The Morgan fingerprint density at radius 1 is 1.48 bits per heavy atom. The molecule has 2 heterocycles. The minimum absolute atomic E-state index is 0.0309. The van der Waals surface area contributed by atoms with Crippen LogP contribution in [0.1, 0.15) is 41.9 Å². The summed E-state index contributed by atoms with van der Waals surface area (Å²) in [5, 5.41) is 4.49. The maximum absolute atomic E-state index is 12.6. The van der Waals surface area contributed by atoms with E-state index in [4.69, 9.17) is 4.74 Å². The molecule has 1 aliphatic rings. The number of rotatable bonds is 3. The molecule has 1 atom stereocenters. The molecule has 1 saturated heterocycles. The van der Waals surface area contributed by atoms with Crippen molar-refractivity contribution in [2.45, 2.75) is 32.3 Å². The lowest BCUT2D eigenvalue weighted by atomic mass is 10.0. The topological polar surface area (TPSA) is 58.6 Å². The summed E-state index contributed by atoms with van der Waals surface area (Å²) in [7, 11) is 1.57. The Balaban J connectivity index is 2.13. The summed E-state index contributed by atoms with van der Waals surface area (Å²) in [5.74, 6) is 0.183. The van der Waals surface area contributed by atoms with E-state index in [-0.39, 0.29) is 18.4 Å². The van der Waals surface area contributed by atoms with Gasteiger partial charge in [-0.2, -0.15) is 0 Å². The van der Waals surface area contributed by atoms with Gasteiger partial charge in [0.25, 0.3) is 11.8 Å². The van der Waals surface area contributed by atoms with Gasteiger partial charge in [-0.1, -0.05) is 13.8 Å². The van der Waals surface area contributed by atoms with Crippen LogP contribution in [-0.2, 0) is 9.53 Å². The molecule has 1 N–H and O–H groups in total. The van der Waals surface area contributed by atoms with Crippen LogP contribution in [0.4, 0.5) is 0 Å². The Hall–Kier alpha value is -1.40. The molecule has 21 heavy (non-hydrogen) atoms. The van der Waals surface area contributed by atoms with Gasteiger partial charge in [0.05, 0.1) is 18.7 Å². The van der Waals surface area contributed by atoms with Gasteiger partial charge in [0.15, 0.2) is 5.60 Å². The van der Waals surface area contributed by atoms with E-state index >= 15 is 0 Å². The first-order valence-electron chi connectivity index (χ1n) is 7.11. The van der Waals surface area contributed by atoms with Crippen LogP contribution in [0.5, 0.6) is 0 Å².